The van der Waals surface area contributed by atoms with Gasteiger partial charge in [-0.25, -0.2) is 0 Å². The summed E-state index contributed by atoms with van der Waals surface area (Å²) in [4.78, 5) is 20.7. The average molecular weight is 346 g/mol. The predicted molar refractivity (Wildman–Crippen MR) is 79.0 cm³/mol. The van der Waals surface area contributed by atoms with Crippen molar-refractivity contribution in [3.63, 3.8) is 0 Å². The van der Waals surface area contributed by atoms with Crippen molar-refractivity contribution < 1.29 is 39.3 Å². The van der Waals surface area contributed by atoms with E-state index in [-0.39, 0.29) is 19.5 Å². The molecule has 0 aromatic heterocycles. The first-order valence-electron chi connectivity index (χ1n) is 6.86. The average Bonchev–Trinajstić information content (AvgIpc) is 2.40. The standard InChI is InChI=1S/2C8H12O2.Zn/c2*1-3-5-6-7(4-2)8(9)10;/h2*7H,3-4H2,1-2H3,(H,9,10);. The van der Waals surface area contributed by atoms with Crippen molar-refractivity contribution in [1.82, 2.24) is 0 Å². The molecule has 21 heavy (non-hydrogen) atoms. The van der Waals surface area contributed by atoms with E-state index < -0.39 is 23.8 Å². The summed E-state index contributed by atoms with van der Waals surface area (Å²) in [5.74, 6) is 8.26. The summed E-state index contributed by atoms with van der Waals surface area (Å²) >= 11 is 0. The minimum atomic E-state index is -0.816. The fourth-order valence-electron chi connectivity index (χ4n) is 1.13. The maximum atomic E-state index is 10.3. The van der Waals surface area contributed by atoms with Gasteiger partial charge in [0, 0.05) is 32.3 Å². The van der Waals surface area contributed by atoms with Gasteiger partial charge in [-0.1, -0.05) is 39.5 Å². The molecule has 0 aliphatic heterocycles. The van der Waals surface area contributed by atoms with Crippen molar-refractivity contribution in [3.05, 3.63) is 0 Å². The largest absolute Gasteiger partial charge is 0.480 e. The molecule has 2 atom stereocenters. The third-order valence-electron chi connectivity index (χ3n) is 2.32. The third kappa shape index (κ3) is 14.9. The third-order valence-corrected chi connectivity index (χ3v) is 2.32. The molecule has 0 saturated heterocycles. The zero-order valence-corrected chi connectivity index (χ0v) is 16.4. The Kier molecular flexibility index (Phi) is 19.7. The van der Waals surface area contributed by atoms with Crippen LogP contribution in [0.25, 0.3) is 0 Å². The molecule has 2 N–H and O–H groups in total. The van der Waals surface area contributed by atoms with Crippen LogP contribution in [-0.4, -0.2) is 22.2 Å². The van der Waals surface area contributed by atoms with E-state index in [9.17, 15) is 9.59 Å². The van der Waals surface area contributed by atoms with Gasteiger partial charge >= 0.3 is 11.9 Å². The Balaban J connectivity index is -0.000000295. The van der Waals surface area contributed by atoms with E-state index in [1.807, 2.05) is 27.7 Å². The van der Waals surface area contributed by atoms with Gasteiger partial charge in [0.25, 0.3) is 0 Å². The van der Waals surface area contributed by atoms with E-state index in [4.69, 9.17) is 10.2 Å². The fourth-order valence-corrected chi connectivity index (χ4v) is 1.13. The summed E-state index contributed by atoms with van der Waals surface area (Å²) in [7, 11) is 0. The molecule has 0 aromatic rings. The van der Waals surface area contributed by atoms with Crippen LogP contribution < -0.4 is 0 Å². The monoisotopic (exact) mass is 344 g/mol. The van der Waals surface area contributed by atoms with Crippen LogP contribution in [0, 0.1) is 35.5 Å². The van der Waals surface area contributed by atoms with Crippen LogP contribution >= 0.6 is 0 Å². The molecule has 4 nitrogen and oxygen atoms in total. The molecule has 0 heterocycles. The molecule has 5 heteroatoms. The second-order valence-corrected chi connectivity index (χ2v) is 3.95. The van der Waals surface area contributed by atoms with E-state index >= 15 is 0 Å². The molecule has 114 valence electrons. The Hall–Kier alpha value is -1.32. The summed E-state index contributed by atoms with van der Waals surface area (Å²) in [6.07, 6.45) is 2.62. The molecular weight excluding hydrogens is 322 g/mol. The number of aliphatic carboxylic acids is 2. The topological polar surface area (TPSA) is 74.6 Å². The van der Waals surface area contributed by atoms with E-state index in [0.29, 0.717) is 12.8 Å². The van der Waals surface area contributed by atoms with Crippen LogP contribution in [0.3, 0.4) is 0 Å². The van der Waals surface area contributed by atoms with Gasteiger partial charge in [-0.2, -0.15) is 0 Å². The molecule has 0 fully saturated rings. The number of carboxylic acid groups (broad SMARTS) is 2. The summed E-state index contributed by atoms with van der Waals surface area (Å²) in [6.45, 7) is 7.45. The number of rotatable bonds is 4. The number of hydrogen-bond donors (Lipinski definition) is 2. The van der Waals surface area contributed by atoms with Crippen LogP contribution in [0.5, 0.6) is 0 Å². The Bertz CT molecular complexity index is 369. The zero-order valence-electron chi connectivity index (χ0n) is 13.4. The van der Waals surface area contributed by atoms with Crippen LogP contribution in [0.1, 0.15) is 53.4 Å². The van der Waals surface area contributed by atoms with Gasteiger partial charge in [-0.3, -0.25) is 9.59 Å². The molecule has 0 bridgehead atoms. The molecule has 0 saturated carbocycles. The molecule has 0 radical (unpaired) electrons. The van der Waals surface area contributed by atoms with Gasteiger partial charge in [0.1, 0.15) is 11.8 Å². The summed E-state index contributed by atoms with van der Waals surface area (Å²) in [5.41, 5.74) is 0. The smallest absolute Gasteiger partial charge is 0.318 e. The van der Waals surface area contributed by atoms with Gasteiger partial charge in [-0.05, 0) is 12.8 Å². The van der Waals surface area contributed by atoms with E-state index in [1.54, 1.807) is 0 Å². The Morgan fingerprint density at radius 2 is 1.10 bits per heavy atom. The minimum absolute atomic E-state index is 0. The molecule has 0 rings (SSSR count). The minimum Gasteiger partial charge on any atom is -0.480 e. The number of carbonyl (C=O) groups is 2. The van der Waals surface area contributed by atoms with Crippen molar-refractivity contribution in [3.8, 4) is 23.7 Å². The van der Waals surface area contributed by atoms with Crippen molar-refractivity contribution in [2.75, 3.05) is 0 Å². The molecule has 0 aliphatic rings. The van der Waals surface area contributed by atoms with Crippen LogP contribution in [-0.2, 0) is 29.1 Å². The maximum Gasteiger partial charge on any atom is 0.318 e. The first-order chi connectivity index (χ1) is 9.44. The van der Waals surface area contributed by atoms with Crippen molar-refractivity contribution in [1.29, 1.82) is 0 Å². The molecule has 2 unspecified atom stereocenters. The quantitative estimate of drug-likeness (QED) is 0.606. The van der Waals surface area contributed by atoms with Crippen LogP contribution in [0.4, 0.5) is 0 Å². The van der Waals surface area contributed by atoms with Crippen molar-refractivity contribution in [2.24, 2.45) is 11.8 Å². The maximum absolute atomic E-state index is 10.3. The first-order valence-corrected chi connectivity index (χ1v) is 6.86. The van der Waals surface area contributed by atoms with Gasteiger partial charge in [0.15, 0.2) is 0 Å². The van der Waals surface area contributed by atoms with Crippen molar-refractivity contribution >= 4 is 11.9 Å². The summed E-state index contributed by atoms with van der Waals surface area (Å²) in [6, 6.07) is 0. The fraction of sp³-hybridized carbons (Fsp3) is 0.625. The molecule has 0 spiro atoms. The summed E-state index contributed by atoms with van der Waals surface area (Å²) in [5, 5.41) is 17.0. The van der Waals surface area contributed by atoms with E-state index in [0.717, 1.165) is 12.8 Å². The van der Waals surface area contributed by atoms with E-state index in [2.05, 4.69) is 23.7 Å². The normalized spacial score (nSPS) is 10.9. The Labute approximate surface area is 140 Å². The van der Waals surface area contributed by atoms with Gasteiger partial charge < -0.3 is 10.2 Å². The van der Waals surface area contributed by atoms with Crippen molar-refractivity contribution in [2.45, 2.75) is 53.4 Å². The van der Waals surface area contributed by atoms with Gasteiger partial charge in [0.05, 0.1) is 0 Å². The van der Waals surface area contributed by atoms with Crippen LogP contribution in [0.15, 0.2) is 0 Å². The molecule has 0 amide bonds. The zero-order chi connectivity index (χ0) is 16.0. The molecule has 0 aromatic carbocycles. The van der Waals surface area contributed by atoms with Gasteiger partial charge in [0.2, 0.25) is 0 Å². The number of hydrogen-bond acceptors (Lipinski definition) is 2. The molecule has 0 aliphatic carbocycles. The predicted octanol–water partition coefficient (Wildman–Crippen LogP) is 3.02. The summed E-state index contributed by atoms with van der Waals surface area (Å²) < 4.78 is 0. The first kappa shape index (κ1) is 24.7. The van der Waals surface area contributed by atoms with Gasteiger partial charge in [-0.15, -0.1) is 11.8 Å². The second-order valence-electron chi connectivity index (χ2n) is 3.95. The van der Waals surface area contributed by atoms with E-state index in [1.165, 1.54) is 0 Å². The SMILES string of the molecule is CCC#CC(CC)C(=O)O.CCC#CC(CC)C(=O)O.[Zn]. The second kappa shape index (κ2) is 16.7. The Morgan fingerprint density at radius 3 is 1.24 bits per heavy atom. The number of carboxylic acids is 2. The van der Waals surface area contributed by atoms with Crippen LogP contribution in [0.2, 0.25) is 0 Å². The Morgan fingerprint density at radius 1 is 0.810 bits per heavy atom. The molecular formula is C16H24O4Zn.